The van der Waals surface area contributed by atoms with E-state index in [1.165, 1.54) is 32.1 Å². The monoisotopic (exact) mass is 186 g/mol. The summed E-state index contributed by atoms with van der Waals surface area (Å²) in [6.45, 7) is 0.553. The molecule has 0 atom stereocenters. The molecule has 0 bridgehead atoms. The molecular weight excluding hydrogens is 172 g/mol. The molecule has 68 valence electrons. The van der Waals surface area contributed by atoms with E-state index in [1.807, 2.05) is 0 Å². The molecule has 1 aliphatic rings. The first-order valence-electron chi connectivity index (χ1n) is 4.57. The maximum Gasteiger partial charge on any atom is 0.108 e. The van der Waals surface area contributed by atoms with Gasteiger partial charge in [0.1, 0.15) is 6.61 Å². The molecule has 0 saturated heterocycles. The van der Waals surface area contributed by atoms with Crippen LogP contribution in [-0.2, 0) is 4.74 Å². The Morgan fingerprint density at radius 2 is 1.92 bits per heavy atom. The maximum atomic E-state index is 5.55. The predicted octanol–water partition coefficient (Wildman–Crippen LogP) is 2.58. The first kappa shape index (κ1) is 9.89. The molecule has 1 nitrogen and oxygen atoms in total. The fourth-order valence-corrected chi connectivity index (χ4v) is 1.58. The van der Waals surface area contributed by atoms with Crippen LogP contribution in [0.5, 0.6) is 0 Å². The fourth-order valence-electron chi connectivity index (χ4n) is 1.49. The second-order valence-corrected chi connectivity index (χ2v) is 3.33. The summed E-state index contributed by atoms with van der Waals surface area (Å²) < 4.78 is 5.55. The topological polar surface area (TPSA) is 9.23 Å². The summed E-state index contributed by atoms with van der Waals surface area (Å²) in [4.78, 5) is 0. The van der Waals surface area contributed by atoms with Crippen LogP contribution in [-0.4, -0.2) is 18.6 Å². The molecule has 0 unspecified atom stereocenters. The molecule has 1 fully saturated rings. The number of halogens is 1. The fraction of sp³-hybridized carbons (Fsp3) is 0.800. The van der Waals surface area contributed by atoms with Crippen LogP contribution in [0.2, 0.25) is 0 Å². The zero-order chi connectivity index (χ0) is 8.65. The standard InChI is InChI=1S/C10H15ClO/c11-8-4-5-9-12-10-6-2-1-3-7-10/h10H,1-3,6-9H2. The Hall–Kier alpha value is -0.190. The van der Waals surface area contributed by atoms with Crippen LogP contribution in [0.25, 0.3) is 0 Å². The lowest BCUT2D eigenvalue weighted by Gasteiger charge is -2.20. The quantitative estimate of drug-likeness (QED) is 0.476. The number of alkyl halides is 1. The van der Waals surface area contributed by atoms with Crippen molar-refractivity contribution in [1.29, 1.82) is 0 Å². The van der Waals surface area contributed by atoms with Crippen molar-refractivity contribution < 1.29 is 4.74 Å². The first-order chi connectivity index (χ1) is 5.93. The van der Waals surface area contributed by atoms with E-state index >= 15 is 0 Å². The van der Waals surface area contributed by atoms with Gasteiger partial charge in [0, 0.05) is 0 Å². The second kappa shape index (κ2) is 6.34. The predicted molar refractivity (Wildman–Crippen MR) is 51.3 cm³/mol. The maximum absolute atomic E-state index is 5.55. The Bertz CT molecular complexity index is 162. The minimum atomic E-state index is 0.411. The third-order valence-corrected chi connectivity index (χ3v) is 2.27. The van der Waals surface area contributed by atoms with Gasteiger partial charge in [0.2, 0.25) is 0 Å². The van der Waals surface area contributed by atoms with E-state index in [0.29, 0.717) is 18.6 Å². The zero-order valence-electron chi connectivity index (χ0n) is 7.31. The van der Waals surface area contributed by atoms with Gasteiger partial charge >= 0.3 is 0 Å². The molecule has 1 saturated carbocycles. The second-order valence-electron chi connectivity index (χ2n) is 3.06. The van der Waals surface area contributed by atoms with Crippen LogP contribution in [0, 0.1) is 11.8 Å². The van der Waals surface area contributed by atoms with Crippen LogP contribution < -0.4 is 0 Å². The average molecular weight is 187 g/mol. The van der Waals surface area contributed by atoms with Gasteiger partial charge in [-0.2, -0.15) is 0 Å². The van der Waals surface area contributed by atoms with Crippen molar-refractivity contribution in [1.82, 2.24) is 0 Å². The smallest absolute Gasteiger partial charge is 0.108 e. The van der Waals surface area contributed by atoms with E-state index in [0.717, 1.165) is 0 Å². The van der Waals surface area contributed by atoms with E-state index in [4.69, 9.17) is 16.3 Å². The van der Waals surface area contributed by atoms with Crippen LogP contribution in [0.3, 0.4) is 0 Å². The molecule has 1 rings (SSSR count). The van der Waals surface area contributed by atoms with Gasteiger partial charge in [-0.25, -0.2) is 0 Å². The van der Waals surface area contributed by atoms with Gasteiger partial charge in [-0.3, -0.25) is 0 Å². The number of ether oxygens (including phenoxy) is 1. The highest BCUT2D eigenvalue weighted by atomic mass is 35.5. The largest absolute Gasteiger partial charge is 0.366 e. The summed E-state index contributed by atoms with van der Waals surface area (Å²) in [7, 11) is 0. The minimum Gasteiger partial charge on any atom is -0.366 e. The summed E-state index contributed by atoms with van der Waals surface area (Å²) in [5.74, 6) is 6.07. The van der Waals surface area contributed by atoms with E-state index in [9.17, 15) is 0 Å². The lowest BCUT2D eigenvalue weighted by Crippen LogP contribution is -2.16. The molecule has 0 N–H and O–H groups in total. The van der Waals surface area contributed by atoms with E-state index < -0.39 is 0 Å². The molecule has 0 heterocycles. The lowest BCUT2D eigenvalue weighted by atomic mass is 9.98. The first-order valence-corrected chi connectivity index (χ1v) is 5.10. The van der Waals surface area contributed by atoms with Gasteiger partial charge < -0.3 is 4.74 Å². The molecule has 2 heteroatoms. The molecular formula is C10H15ClO. The Morgan fingerprint density at radius 1 is 1.17 bits per heavy atom. The van der Waals surface area contributed by atoms with Crippen molar-refractivity contribution in [3.8, 4) is 11.8 Å². The van der Waals surface area contributed by atoms with Crippen LogP contribution in [0.1, 0.15) is 32.1 Å². The van der Waals surface area contributed by atoms with Gasteiger partial charge in [0.15, 0.2) is 0 Å². The Labute approximate surface area is 79.4 Å². The summed E-state index contributed by atoms with van der Waals surface area (Å²) in [6, 6.07) is 0. The Kier molecular flexibility index (Phi) is 5.23. The molecule has 0 aromatic carbocycles. The minimum absolute atomic E-state index is 0.411. The van der Waals surface area contributed by atoms with E-state index in [1.54, 1.807) is 0 Å². The van der Waals surface area contributed by atoms with Crippen LogP contribution in [0.4, 0.5) is 0 Å². The molecule has 0 aromatic rings. The summed E-state index contributed by atoms with van der Waals surface area (Å²) in [6.07, 6.45) is 6.88. The molecule has 0 aromatic heterocycles. The number of rotatable bonds is 2. The summed E-state index contributed by atoms with van der Waals surface area (Å²) in [5, 5.41) is 0. The molecule has 0 aliphatic heterocycles. The van der Waals surface area contributed by atoms with Crippen molar-refractivity contribution in [3.63, 3.8) is 0 Å². The summed E-state index contributed by atoms with van der Waals surface area (Å²) in [5.41, 5.74) is 0. The summed E-state index contributed by atoms with van der Waals surface area (Å²) >= 11 is 5.39. The Balaban J connectivity index is 2.05. The molecule has 1 aliphatic carbocycles. The van der Waals surface area contributed by atoms with Gasteiger partial charge in [0.25, 0.3) is 0 Å². The zero-order valence-corrected chi connectivity index (χ0v) is 8.07. The van der Waals surface area contributed by atoms with Crippen LogP contribution >= 0.6 is 11.6 Å². The van der Waals surface area contributed by atoms with Gasteiger partial charge in [-0.05, 0) is 12.8 Å². The molecule has 0 spiro atoms. The Morgan fingerprint density at radius 3 is 2.58 bits per heavy atom. The van der Waals surface area contributed by atoms with Crippen molar-refractivity contribution in [2.45, 2.75) is 38.2 Å². The van der Waals surface area contributed by atoms with Crippen molar-refractivity contribution in [2.24, 2.45) is 0 Å². The van der Waals surface area contributed by atoms with Crippen molar-refractivity contribution >= 4 is 11.6 Å². The number of hydrogen-bond acceptors (Lipinski definition) is 1. The van der Waals surface area contributed by atoms with E-state index in [2.05, 4.69) is 11.8 Å². The normalized spacial score (nSPS) is 18.4. The number of hydrogen-bond donors (Lipinski definition) is 0. The van der Waals surface area contributed by atoms with Crippen LogP contribution in [0.15, 0.2) is 0 Å². The molecule has 0 amide bonds. The SMILES string of the molecule is ClCC#CCOC1CCCCC1. The third-order valence-electron chi connectivity index (χ3n) is 2.14. The highest BCUT2D eigenvalue weighted by molar-refractivity contribution is 6.19. The van der Waals surface area contributed by atoms with Gasteiger partial charge in [-0.1, -0.05) is 31.1 Å². The van der Waals surface area contributed by atoms with Gasteiger partial charge in [-0.15, -0.1) is 11.6 Å². The van der Waals surface area contributed by atoms with Crippen molar-refractivity contribution in [3.05, 3.63) is 0 Å². The highest BCUT2D eigenvalue weighted by Gasteiger charge is 2.12. The highest BCUT2D eigenvalue weighted by Crippen LogP contribution is 2.19. The van der Waals surface area contributed by atoms with E-state index in [-0.39, 0.29) is 0 Å². The van der Waals surface area contributed by atoms with Gasteiger partial charge in [0.05, 0.1) is 12.0 Å². The third kappa shape index (κ3) is 3.99. The van der Waals surface area contributed by atoms with Crippen molar-refractivity contribution in [2.75, 3.05) is 12.5 Å². The lowest BCUT2D eigenvalue weighted by molar-refractivity contribution is 0.0497. The molecule has 0 radical (unpaired) electrons. The molecule has 12 heavy (non-hydrogen) atoms. The average Bonchev–Trinajstić information content (AvgIpc) is 2.14.